The largest absolute Gasteiger partial charge is 0.398 e. The van der Waals surface area contributed by atoms with Gasteiger partial charge in [0.2, 0.25) is 0 Å². The first kappa shape index (κ1) is 13.1. The zero-order chi connectivity index (χ0) is 13.8. The van der Waals surface area contributed by atoms with Crippen LogP contribution in [0.1, 0.15) is 34.6 Å². The van der Waals surface area contributed by atoms with Gasteiger partial charge in [0.15, 0.2) is 0 Å². The van der Waals surface area contributed by atoms with E-state index in [0.29, 0.717) is 11.3 Å². The van der Waals surface area contributed by atoms with E-state index in [-0.39, 0.29) is 11.9 Å². The Morgan fingerprint density at radius 3 is 2.79 bits per heavy atom. The van der Waals surface area contributed by atoms with Crippen LogP contribution < -0.4 is 11.1 Å². The van der Waals surface area contributed by atoms with Crippen LogP contribution in [0.25, 0.3) is 0 Å². The Hall–Kier alpha value is -2.36. The summed E-state index contributed by atoms with van der Waals surface area (Å²) < 4.78 is 0. The van der Waals surface area contributed by atoms with Gasteiger partial charge in [-0.2, -0.15) is 0 Å². The number of nitrogens with one attached hydrogen (secondary N) is 1. The van der Waals surface area contributed by atoms with Crippen LogP contribution >= 0.6 is 0 Å². The molecule has 0 saturated heterocycles. The van der Waals surface area contributed by atoms with Crippen molar-refractivity contribution in [3.63, 3.8) is 0 Å². The maximum Gasteiger partial charge on any atom is 0.253 e. The molecule has 1 aromatic carbocycles. The summed E-state index contributed by atoms with van der Waals surface area (Å²) in [6, 6.07) is 10.9. The summed E-state index contributed by atoms with van der Waals surface area (Å²) in [5.41, 5.74) is 8.64. The Kier molecular flexibility index (Phi) is 3.80. The number of nitrogens with zero attached hydrogens (tertiary/aromatic N) is 1. The van der Waals surface area contributed by atoms with Crippen LogP contribution in [0.5, 0.6) is 0 Å². The fourth-order valence-electron chi connectivity index (χ4n) is 1.85. The van der Waals surface area contributed by atoms with Crippen molar-refractivity contribution in [2.24, 2.45) is 0 Å². The minimum atomic E-state index is -0.181. The zero-order valence-corrected chi connectivity index (χ0v) is 11.1. The Morgan fingerprint density at radius 2 is 2.11 bits per heavy atom. The second-order valence-electron chi connectivity index (χ2n) is 4.54. The van der Waals surface area contributed by atoms with E-state index in [2.05, 4.69) is 10.3 Å². The van der Waals surface area contributed by atoms with E-state index in [1.807, 2.05) is 38.1 Å². The number of hydrogen-bond donors (Lipinski definition) is 2. The Bertz CT molecular complexity index is 581. The standard InChI is InChI=1S/C15H17N3O/c1-10-6-7-13(16)12(9-10)15(19)18-11(2)14-5-3-4-8-17-14/h3-9,11H,16H2,1-2H3,(H,18,19)/t11-/m0/s1. The molecule has 98 valence electrons. The van der Waals surface area contributed by atoms with Crippen LogP contribution in [0, 0.1) is 6.92 Å². The van der Waals surface area contributed by atoms with E-state index >= 15 is 0 Å². The Balaban J connectivity index is 2.15. The summed E-state index contributed by atoms with van der Waals surface area (Å²) in [4.78, 5) is 16.4. The van der Waals surface area contributed by atoms with E-state index in [9.17, 15) is 4.79 Å². The van der Waals surface area contributed by atoms with Crippen molar-refractivity contribution in [1.29, 1.82) is 0 Å². The molecule has 4 nitrogen and oxygen atoms in total. The number of rotatable bonds is 3. The van der Waals surface area contributed by atoms with E-state index in [1.165, 1.54) is 0 Å². The van der Waals surface area contributed by atoms with Crippen LogP contribution in [0.4, 0.5) is 5.69 Å². The number of aryl methyl sites for hydroxylation is 1. The number of nitrogens with two attached hydrogens (primary N) is 1. The highest BCUT2D eigenvalue weighted by atomic mass is 16.1. The van der Waals surface area contributed by atoms with Gasteiger partial charge in [-0.3, -0.25) is 9.78 Å². The molecule has 0 aliphatic carbocycles. The molecule has 1 amide bonds. The lowest BCUT2D eigenvalue weighted by atomic mass is 10.1. The molecular formula is C15H17N3O. The molecular weight excluding hydrogens is 238 g/mol. The molecule has 0 unspecified atom stereocenters. The molecule has 1 heterocycles. The highest BCUT2D eigenvalue weighted by molar-refractivity contribution is 5.99. The van der Waals surface area contributed by atoms with Crippen LogP contribution in [0.15, 0.2) is 42.6 Å². The van der Waals surface area contributed by atoms with Crippen LogP contribution in [-0.4, -0.2) is 10.9 Å². The summed E-state index contributed by atoms with van der Waals surface area (Å²) >= 11 is 0. The van der Waals surface area contributed by atoms with Gasteiger partial charge in [-0.15, -0.1) is 0 Å². The fourth-order valence-corrected chi connectivity index (χ4v) is 1.85. The summed E-state index contributed by atoms with van der Waals surface area (Å²) in [7, 11) is 0. The van der Waals surface area contributed by atoms with Crippen molar-refractivity contribution in [1.82, 2.24) is 10.3 Å². The van der Waals surface area contributed by atoms with E-state index in [1.54, 1.807) is 18.3 Å². The average molecular weight is 255 g/mol. The summed E-state index contributed by atoms with van der Waals surface area (Å²) in [6.07, 6.45) is 1.71. The molecule has 2 rings (SSSR count). The van der Waals surface area contributed by atoms with E-state index in [4.69, 9.17) is 5.73 Å². The maximum absolute atomic E-state index is 12.2. The van der Waals surface area contributed by atoms with Gasteiger partial charge in [-0.1, -0.05) is 17.7 Å². The first-order valence-electron chi connectivity index (χ1n) is 6.16. The van der Waals surface area contributed by atoms with Crippen molar-refractivity contribution in [2.45, 2.75) is 19.9 Å². The zero-order valence-electron chi connectivity index (χ0n) is 11.1. The topological polar surface area (TPSA) is 68.0 Å². The number of nitrogen functional groups attached to an aromatic ring is 1. The SMILES string of the molecule is Cc1ccc(N)c(C(=O)N[C@@H](C)c2ccccn2)c1. The first-order chi connectivity index (χ1) is 9.08. The third-order valence-corrected chi connectivity index (χ3v) is 2.93. The molecule has 19 heavy (non-hydrogen) atoms. The van der Waals surface area contributed by atoms with Gasteiger partial charge < -0.3 is 11.1 Å². The van der Waals surface area contributed by atoms with Crippen LogP contribution in [0.3, 0.4) is 0 Å². The van der Waals surface area contributed by atoms with Gasteiger partial charge >= 0.3 is 0 Å². The van der Waals surface area contributed by atoms with Gasteiger partial charge in [0, 0.05) is 11.9 Å². The highest BCUT2D eigenvalue weighted by Crippen LogP contribution is 2.16. The molecule has 0 fully saturated rings. The minimum absolute atomic E-state index is 0.159. The number of anilines is 1. The molecule has 1 atom stereocenters. The quantitative estimate of drug-likeness (QED) is 0.828. The number of amides is 1. The monoisotopic (exact) mass is 255 g/mol. The molecule has 0 saturated carbocycles. The summed E-state index contributed by atoms with van der Waals surface area (Å²) in [5.74, 6) is -0.181. The number of hydrogen-bond acceptors (Lipinski definition) is 3. The predicted octanol–water partition coefficient (Wildman–Crippen LogP) is 2.46. The van der Waals surface area contributed by atoms with Crippen molar-refractivity contribution in [2.75, 3.05) is 5.73 Å². The van der Waals surface area contributed by atoms with Crippen molar-refractivity contribution >= 4 is 11.6 Å². The highest BCUT2D eigenvalue weighted by Gasteiger charge is 2.14. The smallest absolute Gasteiger partial charge is 0.253 e. The molecule has 1 aromatic heterocycles. The number of carbonyl (C=O) groups is 1. The van der Waals surface area contributed by atoms with Crippen LogP contribution in [0.2, 0.25) is 0 Å². The normalized spacial score (nSPS) is 11.9. The number of pyridine rings is 1. The van der Waals surface area contributed by atoms with Crippen LogP contribution in [-0.2, 0) is 0 Å². The fraction of sp³-hybridized carbons (Fsp3) is 0.200. The molecule has 0 aliphatic heterocycles. The molecule has 3 N–H and O–H groups in total. The van der Waals surface area contributed by atoms with Gasteiger partial charge in [0.05, 0.1) is 17.3 Å². The minimum Gasteiger partial charge on any atom is -0.398 e. The molecule has 4 heteroatoms. The lowest BCUT2D eigenvalue weighted by Gasteiger charge is -2.14. The number of aromatic nitrogens is 1. The number of carbonyl (C=O) groups excluding carboxylic acids is 1. The first-order valence-corrected chi connectivity index (χ1v) is 6.16. The van der Waals surface area contributed by atoms with Gasteiger partial charge in [0.1, 0.15) is 0 Å². The van der Waals surface area contributed by atoms with Gasteiger partial charge in [0.25, 0.3) is 5.91 Å². The predicted molar refractivity (Wildman–Crippen MR) is 75.7 cm³/mol. The van der Waals surface area contributed by atoms with Crippen molar-refractivity contribution in [3.05, 3.63) is 59.4 Å². The summed E-state index contributed by atoms with van der Waals surface area (Å²) in [6.45, 7) is 3.82. The molecule has 0 bridgehead atoms. The third kappa shape index (κ3) is 3.10. The Morgan fingerprint density at radius 1 is 1.32 bits per heavy atom. The van der Waals surface area contributed by atoms with Crippen molar-refractivity contribution in [3.8, 4) is 0 Å². The van der Waals surface area contributed by atoms with E-state index in [0.717, 1.165) is 11.3 Å². The molecule has 0 radical (unpaired) electrons. The molecule has 2 aromatic rings. The molecule has 0 spiro atoms. The average Bonchev–Trinajstić information content (AvgIpc) is 2.42. The lowest BCUT2D eigenvalue weighted by Crippen LogP contribution is -2.27. The summed E-state index contributed by atoms with van der Waals surface area (Å²) in [5, 5.41) is 2.90. The third-order valence-electron chi connectivity index (χ3n) is 2.93. The van der Waals surface area contributed by atoms with E-state index < -0.39 is 0 Å². The van der Waals surface area contributed by atoms with Gasteiger partial charge in [-0.05, 0) is 38.1 Å². The number of benzene rings is 1. The second kappa shape index (κ2) is 5.52. The van der Waals surface area contributed by atoms with Crippen molar-refractivity contribution < 1.29 is 4.79 Å². The second-order valence-corrected chi connectivity index (χ2v) is 4.54. The Labute approximate surface area is 112 Å². The maximum atomic E-state index is 12.2. The lowest BCUT2D eigenvalue weighted by molar-refractivity contribution is 0.0940. The molecule has 0 aliphatic rings. The van der Waals surface area contributed by atoms with Gasteiger partial charge in [-0.25, -0.2) is 0 Å².